The van der Waals surface area contributed by atoms with Gasteiger partial charge in [0.2, 0.25) is 0 Å². The second-order valence-electron chi connectivity index (χ2n) is 4.86. The van der Waals surface area contributed by atoms with Crippen LogP contribution in [-0.2, 0) is 6.61 Å². The first-order chi connectivity index (χ1) is 12.0. The fourth-order valence-electron chi connectivity index (χ4n) is 1.98. The van der Waals surface area contributed by atoms with Crippen molar-refractivity contribution in [2.75, 3.05) is 6.61 Å². The van der Waals surface area contributed by atoms with Gasteiger partial charge in [-0.25, -0.2) is 0 Å². The van der Waals surface area contributed by atoms with Gasteiger partial charge in [0.15, 0.2) is 16.6 Å². The average molecular weight is 398 g/mol. The number of nitrogens with one attached hydrogen (secondary N) is 1. The van der Waals surface area contributed by atoms with Crippen molar-refractivity contribution < 1.29 is 9.47 Å². The Labute approximate surface area is 161 Å². The van der Waals surface area contributed by atoms with Gasteiger partial charge >= 0.3 is 0 Å². The van der Waals surface area contributed by atoms with Gasteiger partial charge in [-0.3, -0.25) is 5.43 Å². The van der Waals surface area contributed by atoms with Gasteiger partial charge in [0.25, 0.3) is 0 Å². The van der Waals surface area contributed by atoms with E-state index in [4.69, 9.17) is 38.4 Å². The van der Waals surface area contributed by atoms with E-state index in [1.54, 1.807) is 36.5 Å². The molecule has 0 saturated carbocycles. The van der Waals surface area contributed by atoms with Crippen LogP contribution in [0, 0.1) is 0 Å². The molecule has 0 unspecified atom stereocenters. The van der Waals surface area contributed by atoms with Gasteiger partial charge in [-0.05, 0) is 55.0 Å². The van der Waals surface area contributed by atoms with Crippen LogP contribution in [0.4, 0.5) is 0 Å². The second kappa shape index (κ2) is 9.46. The summed E-state index contributed by atoms with van der Waals surface area (Å²) in [6, 6.07) is 10.7. The third kappa shape index (κ3) is 5.77. The van der Waals surface area contributed by atoms with Crippen molar-refractivity contribution in [3.8, 4) is 11.5 Å². The number of halogens is 2. The van der Waals surface area contributed by atoms with Crippen molar-refractivity contribution in [3.05, 3.63) is 57.6 Å². The lowest BCUT2D eigenvalue weighted by Crippen LogP contribution is -2.23. The number of hydrogen-bond acceptors (Lipinski definition) is 4. The Morgan fingerprint density at radius 2 is 1.92 bits per heavy atom. The quantitative estimate of drug-likeness (QED) is 0.417. The molecule has 0 spiro atoms. The van der Waals surface area contributed by atoms with Crippen molar-refractivity contribution in [2.45, 2.75) is 13.5 Å². The molecule has 0 radical (unpaired) electrons. The third-order valence-corrected chi connectivity index (χ3v) is 3.89. The van der Waals surface area contributed by atoms with Crippen molar-refractivity contribution >= 4 is 46.7 Å². The molecule has 0 fully saturated rings. The van der Waals surface area contributed by atoms with Gasteiger partial charge in [-0.1, -0.05) is 29.3 Å². The van der Waals surface area contributed by atoms with Crippen molar-refractivity contribution in [2.24, 2.45) is 10.8 Å². The summed E-state index contributed by atoms with van der Waals surface area (Å²) in [4.78, 5) is 0. The van der Waals surface area contributed by atoms with E-state index in [1.807, 2.05) is 13.0 Å². The van der Waals surface area contributed by atoms with Gasteiger partial charge in [0.05, 0.1) is 12.8 Å². The molecular formula is C17H17Cl2N3O2S. The normalized spacial score (nSPS) is 10.7. The predicted molar refractivity (Wildman–Crippen MR) is 106 cm³/mol. The molecule has 0 atom stereocenters. The van der Waals surface area contributed by atoms with Crippen LogP contribution >= 0.6 is 35.4 Å². The van der Waals surface area contributed by atoms with Gasteiger partial charge in [0.1, 0.15) is 6.61 Å². The molecule has 2 aromatic carbocycles. The number of ether oxygens (including phenoxy) is 2. The summed E-state index contributed by atoms with van der Waals surface area (Å²) in [5.74, 6) is 1.17. The Balaban J connectivity index is 2.16. The fourth-order valence-corrected chi connectivity index (χ4v) is 2.54. The van der Waals surface area contributed by atoms with E-state index >= 15 is 0 Å². The van der Waals surface area contributed by atoms with E-state index in [2.05, 4.69) is 22.7 Å². The van der Waals surface area contributed by atoms with E-state index in [9.17, 15) is 0 Å². The summed E-state index contributed by atoms with van der Waals surface area (Å²) in [6.45, 7) is 2.62. The first-order valence-corrected chi connectivity index (χ1v) is 8.58. The van der Waals surface area contributed by atoms with Crippen LogP contribution in [0.5, 0.6) is 11.5 Å². The Morgan fingerprint density at radius 1 is 1.20 bits per heavy atom. The zero-order valence-electron chi connectivity index (χ0n) is 13.5. The Bertz CT molecular complexity index is 764. The summed E-state index contributed by atoms with van der Waals surface area (Å²) in [5, 5.41) is 5.12. The van der Waals surface area contributed by atoms with Crippen LogP contribution < -0.4 is 20.6 Å². The van der Waals surface area contributed by atoms with E-state index in [0.29, 0.717) is 28.2 Å². The van der Waals surface area contributed by atoms with Gasteiger partial charge in [-0.15, -0.1) is 0 Å². The minimum absolute atomic E-state index is 0.0952. The lowest BCUT2D eigenvalue weighted by Gasteiger charge is -2.14. The summed E-state index contributed by atoms with van der Waals surface area (Å²) >= 11 is 17.0. The predicted octanol–water partition coefficient (Wildman–Crippen LogP) is 4.14. The number of rotatable bonds is 7. The SMILES string of the molecule is CCOc1cc(/C=N/NC(N)=S)ccc1OCc1c(Cl)cccc1Cl. The number of nitrogens with two attached hydrogens (primary N) is 1. The molecule has 3 N–H and O–H groups in total. The van der Waals surface area contributed by atoms with Crippen LogP contribution in [-0.4, -0.2) is 17.9 Å². The molecule has 0 heterocycles. The van der Waals surface area contributed by atoms with Crippen LogP contribution in [0.1, 0.15) is 18.1 Å². The maximum Gasteiger partial charge on any atom is 0.184 e. The van der Waals surface area contributed by atoms with E-state index in [-0.39, 0.29) is 11.7 Å². The molecule has 25 heavy (non-hydrogen) atoms. The topological polar surface area (TPSA) is 68.9 Å². The number of nitrogens with zero attached hydrogens (tertiary/aromatic N) is 1. The average Bonchev–Trinajstić information content (AvgIpc) is 2.56. The molecule has 132 valence electrons. The number of benzene rings is 2. The maximum atomic E-state index is 6.16. The monoisotopic (exact) mass is 397 g/mol. The summed E-state index contributed by atoms with van der Waals surface area (Å²) in [7, 11) is 0. The third-order valence-electron chi connectivity index (χ3n) is 3.09. The molecule has 2 aromatic rings. The summed E-state index contributed by atoms with van der Waals surface area (Å²) in [6.07, 6.45) is 1.58. The van der Waals surface area contributed by atoms with Gasteiger partial charge in [0, 0.05) is 15.6 Å². The molecule has 0 aromatic heterocycles. The molecule has 0 aliphatic carbocycles. The van der Waals surface area contributed by atoms with E-state index in [1.165, 1.54) is 0 Å². The molecule has 5 nitrogen and oxygen atoms in total. The lowest BCUT2D eigenvalue weighted by atomic mass is 10.2. The highest BCUT2D eigenvalue weighted by Crippen LogP contribution is 2.31. The number of hydrogen-bond donors (Lipinski definition) is 2. The van der Waals surface area contributed by atoms with Crippen molar-refractivity contribution in [1.29, 1.82) is 0 Å². The largest absolute Gasteiger partial charge is 0.490 e. The highest BCUT2D eigenvalue weighted by Gasteiger charge is 2.10. The molecule has 0 aliphatic heterocycles. The molecule has 8 heteroatoms. The number of thiocarbonyl (C=S) groups is 1. The Kier molecular flexibility index (Phi) is 7.31. The van der Waals surface area contributed by atoms with Crippen molar-refractivity contribution in [3.63, 3.8) is 0 Å². The molecule has 2 rings (SSSR count). The minimum Gasteiger partial charge on any atom is -0.490 e. The second-order valence-corrected chi connectivity index (χ2v) is 6.12. The van der Waals surface area contributed by atoms with Crippen LogP contribution in [0.2, 0.25) is 10.0 Å². The van der Waals surface area contributed by atoms with Gasteiger partial charge in [-0.2, -0.15) is 5.10 Å². The molecule has 0 saturated heterocycles. The van der Waals surface area contributed by atoms with Crippen LogP contribution in [0.25, 0.3) is 0 Å². The smallest absolute Gasteiger partial charge is 0.184 e. The highest BCUT2D eigenvalue weighted by molar-refractivity contribution is 7.80. The Hall–Kier alpha value is -2.02. The summed E-state index contributed by atoms with van der Waals surface area (Å²) < 4.78 is 11.5. The van der Waals surface area contributed by atoms with E-state index in [0.717, 1.165) is 11.1 Å². The zero-order chi connectivity index (χ0) is 18.2. The van der Waals surface area contributed by atoms with E-state index < -0.39 is 0 Å². The first kappa shape index (κ1) is 19.3. The molecule has 0 aliphatic rings. The summed E-state index contributed by atoms with van der Waals surface area (Å²) in [5.41, 5.74) is 9.34. The molecule has 0 bridgehead atoms. The molecule has 0 amide bonds. The lowest BCUT2D eigenvalue weighted by molar-refractivity contribution is 0.269. The van der Waals surface area contributed by atoms with Crippen molar-refractivity contribution in [1.82, 2.24) is 5.43 Å². The Morgan fingerprint density at radius 3 is 2.56 bits per heavy atom. The number of hydrazone groups is 1. The zero-order valence-corrected chi connectivity index (χ0v) is 15.8. The van der Waals surface area contributed by atoms with Crippen LogP contribution in [0.3, 0.4) is 0 Å². The standard InChI is InChI=1S/C17H17Cl2N3O2S/c1-2-23-16-8-11(9-21-22-17(20)25)6-7-15(16)24-10-12-13(18)4-3-5-14(12)19/h3-9H,2,10H2,1H3,(H3,20,22,25)/b21-9+. The first-order valence-electron chi connectivity index (χ1n) is 7.42. The fraction of sp³-hybridized carbons (Fsp3) is 0.176. The van der Waals surface area contributed by atoms with Crippen LogP contribution in [0.15, 0.2) is 41.5 Å². The van der Waals surface area contributed by atoms with Gasteiger partial charge < -0.3 is 15.2 Å². The minimum atomic E-state index is 0.0952. The molecular weight excluding hydrogens is 381 g/mol. The maximum absolute atomic E-state index is 6.16. The highest BCUT2D eigenvalue weighted by atomic mass is 35.5.